The highest BCUT2D eigenvalue weighted by Crippen LogP contribution is 2.13. The first-order valence-corrected chi connectivity index (χ1v) is 6.24. The van der Waals surface area contributed by atoms with Crippen molar-refractivity contribution in [2.75, 3.05) is 26.4 Å². The predicted octanol–water partition coefficient (Wildman–Crippen LogP) is 0.582. The molecule has 0 bridgehead atoms. The van der Waals surface area contributed by atoms with E-state index in [9.17, 15) is 0 Å². The van der Waals surface area contributed by atoms with Crippen LogP contribution >= 0.6 is 0 Å². The molecule has 1 fully saturated rings. The zero-order chi connectivity index (χ0) is 9.52. The standard InChI is InChI=1S/C8H18O4Si/c1-3-10-13(11-4-2)12-6-5-8-7-9-8/h8,13H,3-7H2,1-2H3. The van der Waals surface area contributed by atoms with Crippen molar-refractivity contribution in [1.29, 1.82) is 0 Å². The van der Waals surface area contributed by atoms with Gasteiger partial charge in [0.25, 0.3) is 0 Å². The van der Waals surface area contributed by atoms with Crippen LogP contribution in [-0.4, -0.2) is 42.1 Å². The van der Waals surface area contributed by atoms with E-state index in [1.165, 1.54) is 0 Å². The van der Waals surface area contributed by atoms with Crippen LogP contribution in [0.5, 0.6) is 0 Å². The third-order valence-corrected chi connectivity index (χ3v) is 3.42. The first-order chi connectivity index (χ1) is 6.36. The molecule has 4 nitrogen and oxygen atoms in total. The summed E-state index contributed by atoms with van der Waals surface area (Å²) in [5.74, 6) is 0. The largest absolute Gasteiger partial charge is 0.484 e. The topological polar surface area (TPSA) is 40.2 Å². The summed E-state index contributed by atoms with van der Waals surface area (Å²) >= 11 is 0. The lowest BCUT2D eigenvalue weighted by Gasteiger charge is -2.14. The van der Waals surface area contributed by atoms with Gasteiger partial charge in [0.1, 0.15) is 0 Å². The number of ether oxygens (including phenoxy) is 1. The molecule has 0 aliphatic carbocycles. The van der Waals surface area contributed by atoms with Gasteiger partial charge in [-0.2, -0.15) is 0 Å². The van der Waals surface area contributed by atoms with Crippen LogP contribution in [0.15, 0.2) is 0 Å². The SMILES string of the molecule is CCO[SiH](OCC)OCCC1CO1. The highest BCUT2D eigenvalue weighted by molar-refractivity contribution is 6.36. The van der Waals surface area contributed by atoms with Gasteiger partial charge < -0.3 is 18.0 Å². The first kappa shape index (κ1) is 11.1. The predicted molar refractivity (Wildman–Crippen MR) is 50.7 cm³/mol. The molecule has 0 aromatic heterocycles. The van der Waals surface area contributed by atoms with E-state index in [2.05, 4.69) is 0 Å². The van der Waals surface area contributed by atoms with Crippen LogP contribution < -0.4 is 0 Å². The Hall–Kier alpha value is 0.0569. The maximum Gasteiger partial charge on any atom is 0.484 e. The van der Waals surface area contributed by atoms with E-state index in [1.54, 1.807) is 0 Å². The average molecular weight is 206 g/mol. The van der Waals surface area contributed by atoms with E-state index >= 15 is 0 Å². The molecule has 1 rings (SSSR count). The molecule has 1 heterocycles. The van der Waals surface area contributed by atoms with Crippen molar-refractivity contribution in [3.63, 3.8) is 0 Å². The molecule has 0 saturated carbocycles. The normalized spacial score (nSPS) is 21.0. The smallest absolute Gasteiger partial charge is 0.376 e. The Bertz CT molecular complexity index is 123. The number of rotatable bonds is 8. The molecule has 1 unspecified atom stereocenters. The summed E-state index contributed by atoms with van der Waals surface area (Å²) in [6.45, 7) is 6.81. The Morgan fingerprint density at radius 1 is 1.23 bits per heavy atom. The average Bonchev–Trinajstić information content (AvgIpc) is 2.89. The fourth-order valence-corrected chi connectivity index (χ4v) is 2.11. The lowest BCUT2D eigenvalue weighted by molar-refractivity contribution is 0.0989. The van der Waals surface area contributed by atoms with Crippen LogP contribution in [0.1, 0.15) is 20.3 Å². The summed E-state index contributed by atoms with van der Waals surface area (Å²) in [7, 11) is -1.82. The van der Waals surface area contributed by atoms with Crippen LogP contribution in [0.25, 0.3) is 0 Å². The van der Waals surface area contributed by atoms with Gasteiger partial charge in [-0.3, -0.25) is 0 Å². The maximum atomic E-state index is 5.49. The molecule has 1 saturated heterocycles. The van der Waals surface area contributed by atoms with Crippen LogP contribution in [0.2, 0.25) is 0 Å². The van der Waals surface area contributed by atoms with Crippen molar-refractivity contribution >= 4 is 9.53 Å². The summed E-state index contributed by atoms with van der Waals surface area (Å²) in [5, 5.41) is 0. The van der Waals surface area contributed by atoms with Crippen LogP contribution in [-0.2, 0) is 18.0 Å². The second kappa shape index (κ2) is 6.50. The van der Waals surface area contributed by atoms with Gasteiger partial charge in [0.15, 0.2) is 0 Å². The van der Waals surface area contributed by atoms with Gasteiger partial charge in [-0.25, -0.2) is 0 Å². The minimum Gasteiger partial charge on any atom is -0.376 e. The third kappa shape index (κ3) is 5.38. The van der Waals surface area contributed by atoms with Crippen molar-refractivity contribution in [1.82, 2.24) is 0 Å². The van der Waals surface area contributed by atoms with Crippen molar-refractivity contribution < 1.29 is 18.0 Å². The van der Waals surface area contributed by atoms with E-state index in [0.29, 0.717) is 25.9 Å². The van der Waals surface area contributed by atoms with Crippen molar-refractivity contribution in [2.24, 2.45) is 0 Å². The van der Waals surface area contributed by atoms with Crippen LogP contribution in [0.3, 0.4) is 0 Å². The zero-order valence-electron chi connectivity index (χ0n) is 8.32. The zero-order valence-corrected chi connectivity index (χ0v) is 9.48. The molecular formula is C8H18O4Si. The molecule has 13 heavy (non-hydrogen) atoms. The van der Waals surface area contributed by atoms with Gasteiger partial charge in [0.2, 0.25) is 0 Å². The Kier molecular flexibility index (Phi) is 5.57. The van der Waals surface area contributed by atoms with E-state index in [4.69, 9.17) is 18.0 Å². The Labute approximate surface area is 81.1 Å². The fraction of sp³-hybridized carbons (Fsp3) is 1.00. The lowest BCUT2D eigenvalue weighted by atomic mass is 10.4. The Morgan fingerprint density at radius 2 is 1.85 bits per heavy atom. The molecule has 0 radical (unpaired) electrons. The van der Waals surface area contributed by atoms with Gasteiger partial charge in [-0.15, -0.1) is 0 Å². The minimum absolute atomic E-state index is 0.429. The van der Waals surface area contributed by atoms with Crippen molar-refractivity contribution in [2.45, 2.75) is 26.4 Å². The highest BCUT2D eigenvalue weighted by Gasteiger charge is 2.23. The second-order valence-corrected chi connectivity index (χ2v) is 4.39. The molecule has 0 aromatic rings. The van der Waals surface area contributed by atoms with Crippen LogP contribution in [0, 0.1) is 0 Å². The van der Waals surface area contributed by atoms with E-state index in [-0.39, 0.29) is 0 Å². The maximum absolute atomic E-state index is 5.49. The summed E-state index contributed by atoms with van der Waals surface area (Å²) in [5.41, 5.74) is 0. The number of hydrogen-bond acceptors (Lipinski definition) is 4. The van der Waals surface area contributed by atoms with Gasteiger partial charge in [0.05, 0.1) is 12.7 Å². The van der Waals surface area contributed by atoms with Crippen LogP contribution in [0.4, 0.5) is 0 Å². The molecule has 0 N–H and O–H groups in total. The van der Waals surface area contributed by atoms with E-state index in [1.807, 2.05) is 13.8 Å². The number of epoxide rings is 1. The summed E-state index contributed by atoms with van der Waals surface area (Å²) < 4.78 is 21.2. The van der Waals surface area contributed by atoms with Gasteiger partial charge in [0, 0.05) is 19.8 Å². The van der Waals surface area contributed by atoms with Gasteiger partial charge in [-0.1, -0.05) is 0 Å². The van der Waals surface area contributed by atoms with Crippen molar-refractivity contribution in [3.05, 3.63) is 0 Å². The van der Waals surface area contributed by atoms with E-state index in [0.717, 1.165) is 13.0 Å². The minimum atomic E-state index is -1.82. The Morgan fingerprint density at radius 3 is 2.31 bits per heavy atom. The fourth-order valence-electron chi connectivity index (χ4n) is 0.947. The van der Waals surface area contributed by atoms with E-state index < -0.39 is 9.53 Å². The first-order valence-electron chi connectivity index (χ1n) is 4.83. The Balaban J connectivity index is 1.98. The third-order valence-electron chi connectivity index (χ3n) is 1.70. The summed E-state index contributed by atoms with van der Waals surface area (Å²) in [6, 6.07) is 0. The molecule has 0 aromatic carbocycles. The molecule has 0 spiro atoms. The molecular weight excluding hydrogens is 188 g/mol. The highest BCUT2D eigenvalue weighted by atomic mass is 28.3. The van der Waals surface area contributed by atoms with Crippen molar-refractivity contribution in [3.8, 4) is 0 Å². The number of hydrogen-bond donors (Lipinski definition) is 0. The monoisotopic (exact) mass is 206 g/mol. The quantitative estimate of drug-likeness (QED) is 0.430. The summed E-state index contributed by atoms with van der Waals surface area (Å²) in [6.07, 6.45) is 1.39. The molecule has 1 aliphatic rings. The molecule has 78 valence electrons. The molecule has 0 amide bonds. The molecule has 5 heteroatoms. The van der Waals surface area contributed by atoms with Gasteiger partial charge >= 0.3 is 9.53 Å². The lowest BCUT2D eigenvalue weighted by Crippen LogP contribution is -2.28. The summed E-state index contributed by atoms with van der Waals surface area (Å²) in [4.78, 5) is 0. The van der Waals surface area contributed by atoms with Gasteiger partial charge in [-0.05, 0) is 20.3 Å². The molecule has 1 atom stereocenters. The molecule has 1 aliphatic heterocycles. The second-order valence-electron chi connectivity index (χ2n) is 2.81.